The first-order valence-electron chi connectivity index (χ1n) is 4.42. The normalized spacial score (nSPS) is 10.1. The van der Waals surface area contributed by atoms with E-state index in [9.17, 15) is 14.9 Å². The van der Waals surface area contributed by atoms with E-state index in [1.165, 1.54) is 12.1 Å². The van der Waals surface area contributed by atoms with Crippen molar-refractivity contribution >= 4 is 17.4 Å². The van der Waals surface area contributed by atoms with Crippen LogP contribution in [0.4, 0.5) is 11.5 Å². The van der Waals surface area contributed by atoms with Crippen LogP contribution in [-0.4, -0.2) is 15.8 Å². The van der Waals surface area contributed by atoms with Crippen molar-refractivity contribution in [2.24, 2.45) is 5.92 Å². The molecule has 6 nitrogen and oxygen atoms in total. The number of hydrogen-bond acceptors (Lipinski definition) is 4. The van der Waals surface area contributed by atoms with Crippen molar-refractivity contribution in [2.45, 2.75) is 13.8 Å². The third-order valence-electron chi connectivity index (χ3n) is 1.73. The molecule has 0 saturated carbocycles. The Balaban J connectivity index is 2.73. The summed E-state index contributed by atoms with van der Waals surface area (Å²) < 4.78 is 0. The first-order chi connectivity index (χ1) is 7.00. The minimum absolute atomic E-state index is 0.0995. The number of aromatic nitrogens is 1. The lowest BCUT2D eigenvalue weighted by Crippen LogP contribution is -2.18. The number of carbonyl (C=O) groups excluding carboxylic acids is 1. The summed E-state index contributed by atoms with van der Waals surface area (Å²) in [4.78, 5) is 24.8. The van der Waals surface area contributed by atoms with Gasteiger partial charge in [-0.1, -0.05) is 13.8 Å². The van der Waals surface area contributed by atoms with Gasteiger partial charge in [0.15, 0.2) is 0 Å². The van der Waals surface area contributed by atoms with Gasteiger partial charge in [0.25, 0.3) is 5.69 Å². The molecule has 80 valence electrons. The van der Waals surface area contributed by atoms with Crippen molar-refractivity contribution in [3.8, 4) is 0 Å². The molecule has 6 heteroatoms. The molecule has 0 radical (unpaired) electrons. The average molecular weight is 209 g/mol. The van der Waals surface area contributed by atoms with Crippen LogP contribution in [0.2, 0.25) is 0 Å². The number of carbonyl (C=O) groups is 1. The van der Waals surface area contributed by atoms with Crippen LogP contribution in [0.25, 0.3) is 0 Å². The first kappa shape index (κ1) is 11.1. The van der Waals surface area contributed by atoms with Crippen LogP contribution >= 0.6 is 0 Å². The molecule has 1 aromatic rings. The largest absolute Gasteiger partial charge is 0.310 e. The molecule has 0 bridgehead atoms. The quantitative estimate of drug-likeness (QED) is 0.605. The second-order valence-corrected chi connectivity index (χ2v) is 3.30. The van der Waals surface area contributed by atoms with Crippen molar-refractivity contribution < 1.29 is 9.72 Å². The highest BCUT2D eigenvalue weighted by Gasteiger charge is 2.09. The van der Waals surface area contributed by atoms with Gasteiger partial charge < -0.3 is 5.32 Å². The third-order valence-corrected chi connectivity index (χ3v) is 1.73. The maximum absolute atomic E-state index is 11.2. The number of anilines is 1. The van der Waals surface area contributed by atoms with Crippen LogP contribution in [-0.2, 0) is 4.79 Å². The molecule has 1 amide bonds. The smallest absolute Gasteiger partial charge is 0.287 e. The number of pyridine rings is 1. The van der Waals surface area contributed by atoms with Gasteiger partial charge in [-0.25, -0.2) is 4.98 Å². The lowest BCUT2D eigenvalue weighted by Gasteiger charge is -2.05. The summed E-state index contributed by atoms with van der Waals surface area (Å²) in [6.45, 7) is 3.50. The fourth-order valence-electron chi connectivity index (χ4n) is 0.839. The Morgan fingerprint density at radius 1 is 1.53 bits per heavy atom. The number of nitro groups is 1. The topological polar surface area (TPSA) is 85.1 Å². The van der Waals surface area contributed by atoms with Gasteiger partial charge in [0.2, 0.25) is 5.91 Å². The molecule has 0 aromatic carbocycles. The molecule has 1 rings (SSSR count). The van der Waals surface area contributed by atoms with Crippen LogP contribution in [0.1, 0.15) is 13.8 Å². The summed E-state index contributed by atoms with van der Waals surface area (Å²) in [6.07, 6.45) is 1.11. The summed E-state index contributed by atoms with van der Waals surface area (Å²) in [5.41, 5.74) is -0.0995. The monoisotopic (exact) mass is 209 g/mol. The molecule has 0 fully saturated rings. The van der Waals surface area contributed by atoms with Gasteiger partial charge in [0.1, 0.15) is 12.0 Å². The Labute approximate surface area is 86.5 Å². The van der Waals surface area contributed by atoms with Gasteiger partial charge in [0, 0.05) is 12.0 Å². The fourth-order valence-corrected chi connectivity index (χ4v) is 0.839. The Morgan fingerprint density at radius 2 is 2.20 bits per heavy atom. The van der Waals surface area contributed by atoms with E-state index < -0.39 is 4.92 Å². The zero-order chi connectivity index (χ0) is 11.4. The molecule has 0 unspecified atom stereocenters. The standard InChI is InChI=1S/C9H11N3O3/c1-6(2)9(13)11-8-4-3-7(5-10-8)12(14)15/h3-6H,1-2H3,(H,10,11,13). The fraction of sp³-hybridized carbons (Fsp3) is 0.333. The molecular formula is C9H11N3O3. The van der Waals surface area contributed by atoms with Crippen molar-refractivity contribution in [1.29, 1.82) is 0 Å². The molecule has 15 heavy (non-hydrogen) atoms. The molecule has 0 saturated heterocycles. The summed E-state index contributed by atoms with van der Waals surface area (Å²) in [6, 6.07) is 2.70. The Hall–Kier alpha value is -1.98. The maximum atomic E-state index is 11.2. The summed E-state index contributed by atoms with van der Waals surface area (Å²) in [7, 11) is 0. The number of rotatable bonds is 3. The average Bonchev–Trinajstić information content (AvgIpc) is 2.18. The lowest BCUT2D eigenvalue weighted by atomic mass is 10.2. The third kappa shape index (κ3) is 3.01. The van der Waals surface area contributed by atoms with Crippen LogP contribution in [0.15, 0.2) is 18.3 Å². The second-order valence-electron chi connectivity index (χ2n) is 3.30. The van der Waals surface area contributed by atoms with E-state index in [-0.39, 0.29) is 17.5 Å². The summed E-state index contributed by atoms with van der Waals surface area (Å²) >= 11 is 0. The van der Waals surface area contributed by atoms with Gasteiger partial charge in [-0.3, -0.25) is 14.9 Å². The van der Waals surface area contributed by atoms with E-state index >= 15 is 0 Å². The van der Waals surface area contributed by atoms with Crippen molar-refractivity contribution in [3.05, 3.63) is 28.4 Å². The van der Waals surface area contributed by atoms with E-state index in [1.54, 1.807) is 13.8 Å². The van der Waals surface area contributed by atoms with Crippen LogP contribution in [0.5, 0.6) is 0 Å². The zero-order valence-electron chi connectivity index (χ0n) is 8.43. The summed E-state index contributed by atoms with van der Waals surface area (Å²) in [5.74, 6) is -0.00218. The van der Waals surface area contributed by atoms with Crippen molar-refractivity contribution in [2.75, 3.05) is 5.32 Å². The number of nitrogens with zero attached hydrogens (tertiary/aromatic N) is 2. The lowest BCUT2D eigenvalue weighted by molar-refractivity contribution is -0.385. The minimum Gasteiger partial charge on any atom is -0.310 e. The van der Waals surface area contributed by atoms with E-state index in [0.717, 1.165) is 6.20 Å². The molecule has 0 aliphatic rings. The first-order valence-corrected chi connectivity index (χ1v) is 4.42. The predicted octanol–water partition coefficient (Wildman–Crippen LogP) is 1.58. The van der Waals surface area contributed by atoms with E-state index in [1.807, 2.05) is 0 Å². The highest BCUT2D eigenvalue weighted by Crippen LogP contribution is 2.12. The highest BCUT2D eigenvalue weighted by molar-refractivity contribution is 5.91. The highest BCUT2D eigenvalue weighted by atomic mass is 16.6. The van der Waals surface area contributed by atoms with Gasteiger partial charge >= 0.3 is 0 Å². The molecule has 0 spiro atoms. The molecule has 0 aliphatic heterocycles. The zero-order valence-corrected chi connectivity index (χ0v) is 8.43. The molecule has 1 aromatic heterocycles. The van der Waals surface area contributed by atoms with E-state index in [4.69, 9.17) is 0 Å². The van der Waals surface area contributed by atoms with Gasteiger partial charge in [-0.2, -0.15) is 0 Å². The predicted molar refractivity (Wildman–Crippen MR) is 54.4 cm³/mol. The van der Waals surface area contributed by atoms with E-state index in [2.05, 4.69) is 10.3 Å². The molecule has 1 heterocycles. The Morgan fingerprint density at radius 3 is 2.60 bits per heavy atom. The van der Waals surface area contributed by atoms with Gasteiger partial charge in [-0.05, 0) is 6.07 Å². The number of hydrogen-bond donors (Lipinski definition) is 1. The molecule has 1 N–H and O–H groups in total. The van der Waals surface area contributed by atoms with Gasteiger partial charge in [0.05, 0.1) is 4.92 Å². The van der Waals surface area contributed by atoms with Crippen molar-refractivity contribution in [3.63, 3.8) is 0 Å². The molecule has 0 aliphatic carbocycles. The maximum Gasteiger partial charge on any atom is 0.287 e. The Kier molecular flexibility index (Phi) is 3.33. The number of amides is 1. The molecular weight excluding hydrogens is 198 g/mol. The SMILES string of the molecule is CC(C)C(=O)Nc1ccc([N+](=O)[O-])cn1. The summed E-state index contributed by atoms with van der Waals surface area (Å²) in [5, 5.41) is 12.9. The minimum atomic E-state index is -0.541. The van der Waals surface area contributed by atoms with Gasteiger partial charge in [-0.15, -0.1) is 0 Å². The van der Waals surface area contributed by atoms with Crippen LogP contribution in [0, 0.1) is 16.0 Å². The van der Waals surface area contributed by atoms with Crippen molar-refractivity contribution in [1.82, 2.24) is 4.98 Å². The molecule has 0 atom stereocenters. The van der Waals surface area contributed by atoms with E-state index in [0.29, 0.717) is 5.82 Å². The van der Waals surface area contributed by atoms with Crippen LogP contribution < -0.4 is 5.32 Å². The second kappa shape index (κ2) is 4.50. The number of nitrogens with one attached hydrogen (secondary N) is 1. The Bertz CT molecular complexity index is 373. The van der Waals surface area contributed by atoms with Crippen LogP contribution in [0.3, 0.4) is 0 Å².